The third-order valence-corrected chi connectivity index (χ3v) is 2.73. The summed E-state index contributed by atoms with van der Waals surface area (Å²) in [5.41, 5.74) is 0.979. The average Bonchev–Trinajstić information content (AvgIpc) is 2.92. The number of H-pyrrole nitrogens is 1. The minimum Gasteiger partial charge on any atom is -0.388 e. The normalized spacial score (nSPS) is 10.9. The molecule has 0 amide bonds. The number of nitrogens with zero attached hydrogens (tertiary/aromatic N) is 4. The Bertz CT molecular complexity index is 772. The van der Waals surface area contributed by atoms with Crippen molar-refractivity contribution in [3.05, 3.63) is 35.8 Å². The fourth-order valence-electron chi connectivity index (χ4n) is 1.89. The van der Waals surface area contributed by atoms with Crippen LogP contribution in [-0.2, 0) is 6.61 Å². The van der Waals surface area contributed by atoms with E-state index in [1.807, 2.05) is 0 Å². The van der Waals surface area contributed by atoms with Crippen molar-refractivity contribution in [1.29, 1.82) is 0 Å². The number of hydrogen-bond acceptors (Lipinski definition) is 6. The fraction of sp³-hybridized carbons (Fsp3) is 0.167. The van der Waals surface area contributed by atoms with Crippen molar-refractivity contribution in [2.75, 3.05) is 5.32 Å². The number of aliphatic hydroxyl groups is 1. The van der Waals surface area contributed by atoms with Crippen LogP contribution in [0, 0.1) is 12.7 Å². The number of fused-ring (bicyclic) bond motifs is 1. The van der Waals surface area contributed by atoms with Gasteiger partial charge in [0, 0.05) is 11.8 Å². The molecule has 7 nitrogen and oxygen atoms in total. The van der Waals surface area contributed by atoms with Crippen molar-refractivity contribution in [2.45, 2.75) is 13.5 Å². The second-order valence-electron chi connectivity index (χ2n) is 4.21. The minimum atomic E-state index is -0.474. The molecule has 0 unspecified atom stereocenters. The smallest absolute Gasteiger partial charge is 0.167 e. The van der Waals surface area contributed by atoms with Crippen molar-refractivity contribution in [3.63, 3.8) is 0 Å². The van der Waals surface area contributed by atoms with Gasteiger partial charge in [-0.1, -0.05) is 0 Å². The van der Waals surface area contributed by atoms with Gasteiger partial charge in [0.15, 0.2) is 11.6 Å². The van der Waals surface area contributed by atoms with Crippen LogP contribution in [0.5, 0.6) is 0 Å². The predicted octanol–water partition coefficient (Wildman–Crippen LogP) is 1.43. The van der Waals surface area contributed by atoms with E-state index in [1.165, 1.54) is 6.20 Å². The van der Waals surface area contributed by atoms with E-state index in [-0.39, 0.29) is 12.1 Å². The molecule has 0 saturated heterocycles. The zero-order valence-electron chi connectivity index (χ0n) is 10.6. The Morgan fingerprint density at radius 2 is 2.20 bits per heavy atom. The van der Waals surface area contributed by atoms with Gasteiger partial charge < -0.3 is 10.4 Å². The molecule has 3 rings (SSSR count). The van der Waals surface area contributed by atoms with Crippen LogP contribution < -0.4 is 5.32 Å². The summed E-state index contributed by atoms with van der Waals surface area (Å²) in [6, 6.07) is 1.70. The van der Waals surface area contributed by atoms with Crippen LogP contribution in [0.2, 0.25) is 0 Å². The molecule has 0 fully saturated rings. The first-order valence-corrected chi connectivity index (χ1v) is 5.87. The maximum absolute atomic E-state index is 13.5. The number of pyridine rings is 1. The summed E-state index contributed by atoms with van der Waals surface area (Å²) in [7, 11) is 0. The summed E-state index contributed by atoms with van der Waals surface area (Å²) >= 11 is 0. The van der Waals surface area contributed by atoms with Gasteiger partial charge in [-0.05, 0) is 6.92 Å². The molecule has 0 aliphatic rings. The van der Waals surface area contributed by atoms with Gasteiger partial charge in [-0.2, -0.15) is 5.10 Å². The molecule has 102 valence electrons. The van der Waals surface area contributed by atoms with Crippen LogP contribution in [0.3, 0.4) is 0 Å². The van der Waals surface area contributed by atoms with Crippen LogP contribution in [0.1, 0.15) is 11.5 Å². The first-order valence-electron chi connectivity index (χ1n) is 5.87. The number of rotatable bonds is 3. The molecule has 3 heterocycles. The number of aromatic amines is 1. The summed E-state index contributed by atoms with van der Waals surface area (Å²) in [5.74, 6) is 0.733. The molecule has 0 aliphatic heterocycles. The second-order valence-corrected chi connectivity index (χ2v) is 4.21. The molecule has 0 spiro atoms. The highest BCUT2D eigenvalue weighted by molar-refractivity contribution is 5.90. The van der Waals surface area contributed by atoms with E-state index >= 15 is 0 Å². The number of aromatic nitrogens is 5. The minimum absolute atomic E-state index is 0.256. The third kappa shape index (κ3) is 2.16. The Balaban J connectivity index is 2.03. The lowest BCUT2D eigenvalue weighted by Gasteiger charge is -2.08. The lowest BCUT2D eigenvalue weighted by Crippen LogP contribution is -2.03. The monoisotopic (exact) mass is 274 g/mol. The second kappa shape index (κ2) is 4.82. The number of aryl methyl sites for hydroxylation is 1. The number of nitrogens with one attached hydrogen (secondary N) is 2. The zero-order chi connectivity index (χ0) is 14.1. The Morgan fingerprint density at radius 3 is 3.00 bits per heavy atom. The lowest BCUT2D eigenvalue weighted by molar-refractivity contribution is 0.271. The van der Waals surface area contributed by atoms with Gasteiger partial charge in [-0.25, -0.2) is 19.3 Å². The molecular formula is C12H11FN6O. The maximum atomic E-state index is 13.5. The van der Waals surface area contributed by atoms with Crippen molar-refractivity contribution in [3.8, 4) is 0 Å². The molecule has 0 aliphatic carbocycles. The Hall–Kier alpha value is -2.61. The van der Waals surface area contributed by atoms with E-state index in [0.29, 0.717) is 28.5 Å². The number of anilines is 2. The zero-order valence-corrected chi connectivity index (χ0v) is 10.6. The van der Waals surface area contributed by atoms with Gasteiger partial charge >= 0.3 is 0 Å². The number of halogens is 1. The fourth-order valence-corrected chi connectivity index (χ4v) is 1.89. The van der Waals surface area contributed by atoms with E-state index in [1.54, 1.807) is 13.0 Å². The molecule has 0 saturated carbocycles. The highest BCUT2D eigenvalue weighted by Crippen LogP contribution is 2.23. The molecule has 0 radical (unpaired) electrons. The van der Waals surface area contributed by atoms with Crippen molar-refractivity contribution in [1.82, 2.24) is 25.1 Å². The summed E-state index contributed by atoms with van der Waals surface area (Å²) in [5, 5.41) is 19.0. The van der Waals surface area contributed by atoms with Crippen molar-refractivity contribution in [2.24, 2.45) is 0 Å². The van der Waals surface area contributed by atoms with Crippen LogP contribution in [0.15, 0.2) is 18.5 Å². The van der Waals surface area contributed by atoms with Crippen LogP contribution in [0.25, 0.3) is 10.9 Å². The highest BCUT2D eigenvalue weighted by atomic mass is 19.1. The largest absolute Gasteiger partial charge is 0.388 e. The first-order chi connectivity index (χ1) is 9.67. The Morgan fingerprint density at radius 1 is 1.35 bits per heavy atom. The molecule has 3 aromatic heterocycles. The van der Waals surface area contributed by atoms with Gasteiger partial charge in [0.1, 0.15) is 23.8 Å². The van der Waals surface area contributed by atoms with E-state index in [2.05, 4.69) is 30.5 Å². The standard InChI is InChI=1S/C12H11FN6O/c1-6-2-9(17-10(5-20)16-6)18-12-7-3-15-19-11(7)8(13)4-14-12/h2-4,20H,5H2,1H3,(H,15,19)(H,14,16,17,18). The summed E-state index contributed by atoms with van der Waals surface area (Å²) in [4.78, 5) is 12.2. The number of hydrogen-bond donors (Lipinski definition) is 3. The van der Waals surface area contributed by atoms with E-state index < -0.39 is 5.82 Å². The highest BCUT2D eigenvalue weighted by Gasteiger charge is 2.10. The summed E-state index contributed by atoms with van der Waals surface area (Å²) in [6.07, 6.45) is 2.58. The van der Waals surface area contributed by atoms with Gasteiger partial charge in [0.05, 0.1) is 17.8 Å². The maximum Gasteiger partial charge on any atom is 0.167 e. The van der Waals surface area contributed by atoms with Crippen LogP contribution in [-0.4, -0.2) is 30.3 Å². The van der Waals surface area contributed by atoms with Gasteiger partial charge in [0.2, 0.25) is 0 Å². The molecule has 3 aromatic rings. The quantitative estimate of drug-likeness (QED) is 0.668. The SMILES string of the molecule is Cc1cc(Nc2ncc(F)c3[nH]ncc23)nc(CO)n1. The van der Waals surface area contributed by atoms with Gasteiger partial charge in [0.25, 0.3) is 0 Å². The van der Waals surface area contributed by atoms with Crippen molar-refractivity contribution < 1.29 is 9.50 Å². The molecule has 0 aromatic carbocycles. The molecule has 20 heavy (non-hydrogen) atoms. The molecule has 8 heteroatoms. The van der Waals surface area contributed by atoms with Gasteiger partial charge in [-0.15, -0.1) is 0 Å². The Labute approximate surface area is 112 Å². The first kappa shape index (κ1) is 12.4. The van der Waals surface area contributed by atoms with E-state index in [9.17, 15) is 4.39 Å². The van der Waals surface area contributed by atoms with Crippen LogP contribution >= 0.6 is 0 Å². The lowest BCUT2D eigenvalue weighted by atomic mass is 10.3. The topological polar surface area (TPSA) is 99.6 Å². The molecule has 0 bridgehead atoms. The molecular weight excluding hydrogens is 263 g/mol. The van der Waals surface area contributed by atoms with Crippen LogP contribution in [0.4, 0.5) is 16.0 Å². The average molecular weight is 274 g/mol. The summed E-state index contributed by atoms with van der Waals surface area (Å²) in [6.45, 7) is 1.53. The van der Waals surface area contributed by atoms with Gasteiger partial charge in [-0.3, -0.25) is 5.10 Å². The molecule has 0 atom stereocenters. The summed E-state index contributed by atoms with van der Waals surface area (Å²) < 4.78 is 13.5. The van der Waals surface area contributed by atoms with E-state index in [0.717, 1.165) is 6.20 Å². The van der Waals surface area contributed by atoms with E-state index in [4.69, 9.17) is 5.11 Å². The third-order valence-electron chi connectivity index (χ3n) is 2.73. The predicted molar refractivity (Wildman–Crippen MR) is 69.8 cm³/mol. The molecule has 3 N–H and O–H groups in total. The van der Waals surface area contributed by atoms with Crippen molar-refractivity contribution >= 4 is 22.5 Å². The number of aliphatic hydroxyl groups excluding tert-OH is 1. The Kier molecular flexibility index (Phi) is 2.99.